The molecule has 1 saturated carbocycles. The average Bonchev–Trinajstić information content (AvgIpc) is 3.00. The third-order valence-corrected chi connectivity index (χ3v) is 10.6. The van der Waals surface area contributed by atoms with Crippen LogP contribution in [0.25, 0.3) is 0 Å². The molecule has 2 aliphatic rings. The molecule has 0 aromatic heterocycles. The van der Waals surface area contributed by atoms with Gasteiger partial charge in [0.1, 0.15) is 11.5 Å². The Bertz CT molecular complexity index is 1400. The topological polar surface area (TPSA) is 76.7 Å². The van der Waals surface area contributed by atoms with Crippen LogP contribution in [0.5, 0.6) is 11.5 Å². The molecule has 220 valence electrons. The fraction of sp³-hybridized carbons (Fsp3) is 0.471. The van der Waals surface area contributed by atoms with Gasteiger partial charge >= 0.3 is 0 Å². The minimum absolute atomic E-state index is 0.260. The Morgan fingerprint density at radius 3 is 2.27 bits per heavy atom. The van der Waals surface area contributed by atoms with E-state index in [0.29, 0.717) is 36.1 Å². The van der Waals surface area contributed by atoms with E-state index in [0.717, 1.165) is 62.8 Å². The van der Waals surface area contributed by atoms with Gasteiger partial charge in [-0.05, 0) is 111 Å². The zero-order chi connectivity index (χ0) is 28.8. The number of ether oxygens (including phenoxy) is 2. The number of sulfonamides is 1. The first-order valence-corrected chi connectivity index (χ1v) is 16.4. The van der Waals surface area contributed by atoms with Crippen LogP contribution in [-0.4, -0.2) is 41.8 Å². The molecule has 3 aromatic carbocycles. The first-order valence-electron chi connectivity index (χ1n) is 14.9. The Hall–Kier alpha value is -2.87. The number of nitrogens with one attached hydrogen (secondary N) is 2. The molecule has 0 heterocycles. The fourth-order valence-corrected chi connectivity index (χ4v) is 7.75. The Morgan fingerprint density at radius 2 is 1.56 bits per heavy atom. The molecule has 2 atom stereocenters. The highest BCUT2D eigenvalue weighted by Gasteiger charge is 2.31. The summed E-state index contributed by atoms with van der Waals surface area (Å²) in [5.74, 6) is 2.95. The second-order valence-electron chi connectivity index (χ2n) is 11.8. The molecule has 2 aliphatic carbocycles. The first-order chi connectivity index (χ1) is 19.9. The molecule has 2 N–H and O–H groups in total. The predicted molar refractivity (Wildman–Crippen MR) is 164 cm³/mol. The lowest BCUT2D eigenvalue weighted by Gasteiger charge is -2.37. The number of hydrogen-bond donors (Lipinski definition) is 2. The van der Waals surface area contributed by atoms with Gasteiger partial charge in [-0.25, -0.2) is 13.1 Å². The van der Waals surface area contributed by atoms with Crippen LogP contribution in [0.1, 0.15) is 60.3 Å². The molecule has 5 rings (SSSR count). The molecule has 0 spiro atoms. The van der Waals surface area contributed by atoms with E-state index < -0.39 is 10.0 Å². The Balaban J connectivity index is 1.15. The van der Waals surface area contributed by atoms with E-state index in [1.54, 1.807) is 32.4 Å². The van der Waals surface area contributed by atoms with E-state index in [-0.39, 0.29) is 4.90 Å². The smallest absolute Gasteiger partial charge is 0.240 e. The Morgan fingerprint density at radius 1 is 0.829 bits per heavy atom. The molecule has 1 fully saturated rings. The van der Waals surface area contributed by atoms with Crippen LogP contribution < -0.4 is 19.5 Å². The third kappa shape index (κ3) is 7.32. The van der Waals surface area contributed by atoms with E-state index in [1.807, 2.05) is 6.92 Å². The molecule has 0 bridgehead atoms. The minimum atomic E-state index is -3.56. The molecule has 0 radical (unpaired) electrons. The molecule has 0 saturated heterocycles. The molecular formula is C34H44N2O4S. The largest absolute Gasteiger partial charge is 0.497 e. The van der Waals surface area contributed by atoms with Gasteiger partial charge < -0.3 is 14.8 Å². The van der Waals surface area contributed by atoms with Gasteiger partial charge in [0.15, 0.2) is 0 Å². The van der Waals surface area contributed by atoms with Crippen molar-refractivity contribution in [3.05, 3.63) is 89.0 Å². The van der Waals surface area contributed by atoms with E-state index >= 15 is 0 Å². The molecule has 0 aliphatic heterocycles. The van der Waals surface area contributed by atoms with Crippen molar-refractivity contribution in [3.63, 3.8) is 0 Å². The lowest BCUT2D eigenvalue weighted by atomic mass is 9.75. The van der Waals surface area contributed by atoms with Crippen molar-refractivity contribution in [1.82, 2.24) is 10.0 Å². The van der Waals surface area contributed by atoms with Gasteiger partial charge in [-0.15, -0.1) is 0 Å². The summed E-state index contributed by atoms with van der Waals surface area (Å²) >= 11 is 0. The van der Waals surface area contributed by atoms with E-state index in [1.165, 1.54) is 16.7 Å². The van der Waals surface area contributed by atoms with Gasteiger partial charge in [0.2, 0.25) is 10.0 Å². The van der Waals surface area contributed by atoms with Crippen molar-refractivity contribution in [2.75, 3.05) is 27.3 Å². The quantitative estimate of drug-likeness (QED) is 0.292. The second-order valence-corrected chi connectivity index (χ2v) is 13.6. The molecule has 0 amide bonds. The zero-order valence-corrected chi connectivity index (χ0v) is 25.4. The van der Waals surface area contributed by atoms with Crippen LogP contribution in [0, 0.1) is 18.8 Å². The highest BCUT2D eigenvalue weighted by atomic mass is 32.2. The number of rotatable bonds is 11. The van der Waals surface area contributed by atoms with Crippen molar-refractivity contribution in [2.45, 2.75) is 68.7 Å². The van der Waals surface area contributed by atoms with Gasteiger partial charge in [-0.3, -0.25) is 0 Å². The van der Waals surface area contributed by atoms with Crippen molar-refractivity contribution >= 4 is 10.0 Å². The summed E-state index contributed by atoms with van der Waals surface area (Å²) in [4.78, 5) is 0.260. The van der Waals surface area contributed by atoms with E-state index in [9.17, 15) is 8.42 Å². The van der Waals surface area contributed by atoms with Crippen LogP contribution in [0.3, 0.4) is 0 Å². The Kier molecular flexibility index (Phi) is 9.68. The van der Waals surface area contributed by atoms with E-state index in [2.05, 4.69) is 58.6 Å². The summed E-state index contributed by atoms with van der Waals surface area (Å²) in [6.07, 6.45) is 7.56. The van der Waals surface area contributed by atoms with Crippen molar-refractivity contribution < 1.29 is 17.9 Å². The summed E-state index contributed by atoms with van der Waals surface area (Å²) in [6, 6.07) is 22.9. The second kappa shape index (κ2) is 13.4. The number of hydrogen-bond acceptors (Lipinski definition) is 5. The van der Waals surface area contributed by atoms with Crippen LogP contribution in [0.15, 0.2) is 71.6 Å². The zero-order valence-electron chi connectivity index (χ0n) is 24.6. The maximum absolute atomic E-state index is 12.9. The predicted octanol–water partition coefficient (Wildman–Crippen LogP) is 6.03. The van der Waals surface area contributed by atoms with Crippen LogP contribution in [0.4, 0.5) is 0 Å². The maximum atomic E-state index is 12.9. The number of fused-ring (bicyclic) bond motifs is 1. The van der Waals surface area contributed by atoms with Gasteiger partial charge in [-0.2, -0.15) is 0 Å². The molecule has 3 aromatic rings. The average molecular weight is 577 g/mol. The fourth-order valence-electron chi connectivity index (χ4n) is 6.62. The van der Waals surface area contributed by atoms with Gasteiger partial charge in [0.05, 0.1) is 19.1 Å². The summed E-state index contributed by atoms with van der Waals surface area (Å²) in [5, 5.41) is 3.98. The monoisotopic (exact) mass is 576 g/mol. The SMILES string of the molecule is COc1ccc2c(c1)CCC(NCC1CCC(CNS(=O)(=O)c3ccc(C)c(OC)c3)CC1)C2Cc1ccccc1. The lowest BCUT2D eigenvalue weighted by molar-refractivity contribution is 0.252. The van der Waals surface area contributed by atoms with Crippen LogP contribution in [0.2, 0.25) is 0 Å². The van der Waals surface area contributed by atoms with Crippen LogP contribution >= 0.6 is 0 Å². The van der Waals surface area contributed by atoms with Crippen LogP contribution in [-0.2, 0) is 22.9 Å². The standard InChI is InChI=1S/C34H44N2O4S/c1-24-9-16-30(21-34(24)40-3)41(37,38)36-23-27-12-10-26(11-13-27)22-35-33-18-14-28-20-29(39-2)15-17-31(28)32(33)19-25-7-5-4-6-8-25/h4-9,15-17,20-21,26-27,32-33,35-36H,10-14,18-19,22-23H2,1-3H3. The number of benzene rings is 3. The highest BCUT2D eigenvalue weighted by Crippen LogP contribution is 2.37. The molecular weight excluding hydrogens is 532 g/mol. The van der Waals surface area contributed by atoms with Crippen molar-refractivity contribution in [2.24, 2.45) is 11.8 Å². The molecule has 7 heteroatoms. The van der Waals surface area contributed by atoms with Gasteiger partial charge in [-0.1, -0.05) is 42.5 Å². The normalized spacial score (nSPS) is 22.6. The lowest BCUT2D eigenvalue weighted by Crippen LogP contribution is -2.42. The summed E-state index contributed by atoms with van der Waals surface area (Å²) < 4.78 is 39.5. The van der Waals surface area contributed by atoms with Gasteiger partial charge in [0, 0.05) is 24.6 Å². The first kappa shape index (κ1) is 29.6. The molecule has 6 nitrogen and oxygen atoms in total. The van der Waals surface area contributed by atoms with Crippen molar-refractivity contribution in [1.29, 1.82) is 0 Å². The summed E-state index contributed by atoms with van der Waals surface area (Å²) in [5.41, 5.74) is 5.15. The van der Waals surface area contributed by atoms with Crippen molar-refractivity contribution in [3.8, 4) is 11.5 Å². The third-order valence-electron chi connectivity index (χ3n) is 9.15. The van der Waals surface area contributed by atoms with E-state index in [4.69, 9.17) is 9.47 Å². The maximum Gasteiger partial charge on any atom is 0.240 e. The highest BCUT2D eigenvalue weighted by molar-refractivity contribution is 7.89. The Labute approximate surface area is 245 Å². The number of aryl methyl sites for hydroxylation is 2. The van der Waals surface area contributed by atoms with Gasteiger partial charge in [0.25, 0.3) is 0 Å². The molecule has 41 heavy (non-hydrogen) atoms. The summed E-state index contributed by atoms with van der Waals surface area (Å²) in [7, 11) is -0.258. The summed E-state index contributed by atoms with van der Waals surface area (Å²) in [6.45, 7) is 3.41. The minimum Gasteiger partial charge on any atom is -0.497 e. The number of methoxy groups -OCH3 is 2. The molecule has 2 unspecified atom stereocenters.